The lowest BCUT2D eigenvalue weighted by molar-refractivity contribution is 0.102. The molecule has 0 aliphatic rings. The molecule has 1 amide bonds. The van der Waals surface area contributed by atoms with Crippen LogP contribution in [0.2, 0.25) is 5.02 Å². The van der Waals surface area contributed by atoms with Gasteiger partial charge in [-0.15, -0.1) is 0 Å². The highest BCUT2D eigenvalue weighted by Gasteiger charge is 2.14. The highest BCUT2D eigenvalue weighted by molar-refractivity contribution is 6.30. The fourth-order valence-electron chi connectivity index (χ4n) is 3.36. The number of aromatic nitrogens is 3. The van der Waals surface area contributed by atoms with Gasteiger partial charge in [-0.05, 0) is 49.5 Å². The molecule has 0 saturated carbocycles. The van der Waals surface area contributed by atoms with Crippen molar-refractivity contribution in [2.24, 2.45) is 0 Å². The standard InChI is InChI=1S/C24H25ClN6O/c1-30(2)13-11-26-15-18-6-3-4-9-21(18)29-24(32)22-10-12-31-23(28-22)20(16-27-31)17-7-5-8-19(25)14-17/h3-10,12,14,16,26H,11,13,15H2,1-2H3,(H,29,32). The first-order valence-corrected chi connectivity index (χ1v) is 10.7. The number of rotatable bonds is 8. The van der Waals surface area contributed by atoms with Gasteiger partial charge in [0.05, 0.1) is 6.20 Å². The first kappa shape index (κ1) is 22.0. The lowest BCUT2D eigenvalue weighted by Gasteiger charge is -2.13. The van der Waals surface area contributed by atoms with Crippen LogP contribution in [0.25, 0.3) is 16.8 Å². The average molecular weight is 449 g/mol. The Kier molecular flexibility index (Phi) is 6.80. The molecule has 0 unspecified atom stereocenters. The van der Waals surface area contributed by atoms with Crippen LogP contribution < -0.4 is 10.6 Å². The number of anilines is 1. The first-order chi connectivity index (χ1) is 15.5. The second kappa shape index (κ2) is 9.91. The van der Waals surface area contributed by atoms with Crippen molar-refractivity contribution in [2.75, 3.05) is 32.5 Å². The zero-order chi connectivity index (χ0) is 22.5. The Bertz CT molecular complexity index is 1240. The van der Waals surface area contributed by atoms with Gasteiger partial charge in [0.15, 0.2) is 5.65 Å². The van der Waals surface area contributed by atoms with Gasteiger partial charge in [0.25, 0.3) is 5.91 Å². The van der Waals surface area contributed by atoms with Crippen LogP contribution >= 0.6 is 11.6 Å². The summed E-state index contributed by atoms with van der Waals surface area (Å²) in [6.45, 7) is 2.47. The van der Waals surface area contributed by atoms with E-state index in [0.717, 1.165) is 35.5 Å². The molecular formula is C24H25ClN6O. The van der Waals surface area contributed by atoms with Crippen LogP contribution in [0.15, 0.2) is 67.0 Å². The van der Waals surface area contributed by atoms with Gasteiger partial charge in [0.2, 0.25) is 0 Å². The molecule has 0 atom stereocenters. The lowest BCUT2D eigenvalue weighted by atomic mass is 10.1. The largest absolute Gasteiger partial charge is 0.320 e. The average Bonchev–Trinajstić information content (AvgIpc) is 3.21. The van der Waals surface area contributed by atoms with E-state index in [1.807, 2.05) is 62.6 Å². The van der Waals surface area contributed by atoms with E-state index in [0.29, 0.717) is 22.9 Å². The van der Waals surface area contributed by atoms with E-state index in [-0.39, 0.29) is 5.91 Å². The molecule has 2 heterocycles. The van der Waals surface area contributed by atoms with Crippen LogP contribution in [0, 0.1) is 0 Å². The normalized spacial score (nSPS) is 11.2. The van der Waals surface area contributed by atoms with Crippen molar-refractivity contribution in [3.05, 3.63) is 83.3 Å². The molecule has 0 fully saturated rings. The minimum Gasteiger partial charge on any atom is -0.320 e. The summed E-state index contributed by atoms with van der Waals surface area (Å²) in [6, 6.07) is 16.9. The monoisotopic (exact) mass is 448 g/mol. The molecule has 0 spiro atoms. The third-order valence-electron chi connectivity index (χ3n) is 5.05. The molecule has 4 rings (SSSR count). The Morgan fingerprint density at radius 2 is 1.97 bits per heavy atom. The number of amides is 1. The SMILES string of the molecule is CN(C)CCNCc1ccccc1NC(=O)c1ccn2ncc(-c3cccc(Cl)c3)c2n1. The molecule has 2 aromatic heterocycles. The number of nitrogens with one attached hydrogen (secondary N) is 2. The van der Waals surface area contributed by atoms with Crippen LogP contribution in [0.4, 0.5) is 5.69 Å². The maximum atomic E-state index is 13.0. The fourth-order valence-corrected chi connectivity index (χ4v) is 3.55. The van der Waals surface area contributed by atoms with Gasteiger partial charge in [0.1, 0.15) is 5.69 Å². The third-order valence-corrected chi connectivity index (χ3v) is 5.29. The van der Waals surface area contributed by atoms with Crippen molar-refractivity contribution in [3.63, 3.8) is 0 Å². The van der Waals surface area contributed by atoms with Gasteiger partial charge in [-0.2, -0.15) is 5.10 Å². The van der Waals surface area contributed by atoms with Crippen molar-refractivity contribution >= 4 is 28.8 Å². The van der Waals surface area contributed by atoms with Gasteiger partial charge in [-0.1, -0.05) is 41.9 Å². The third kappa shape index (κ3) is 5.13. The smallest absolute Gasteiger partial charge is 0.274 e. The number of hydrogen-bond donors (Lipinski definition) is 2. The summed E-state index contributed by atoms with van der Waals surface area (Å²) < 4.78 is 1.65. The molecule has 2 aromatic carbocycles. The number of likely N-dealkylation sites (N-methyl/N-ethyl adjacent to an activating group) is 1. The van der Waals surface area contributed by atoms with Crippen molar-refractivity contribution in [1.29, 1.82) is 0 Å². The summed E-state index contributed by atoms with van der Waals surface area (Å²) in [5.74, 6) is -0.272. The summed E-state index contributed by atoms with van der Waals surface area (Å²) in [7, 11) is 4.08. The molecule has 4 aromatic rings. The summed E-state index contributed by atoms with van der Waals surface area (Å²) in [6.07, 6.45) is 3.46. The molecule has 0 bridgehead atoms. The highest BCUT2D eigenvalue weighted by Crippen LogP contribution is 2.26. The van der Waals surface area contributed by atoms with Crippen LogP contribution in [0.5, 0.6) is 0 Å². The Labute approximate surface area is 192 Å². The number of fused-ring (bicyclic) bond motifs is 1. The summed E-state index contributed by atoms with van der Waals surface area (Å²) in [4.78, 5) is 19.7. The minimum atomic E-state index is -0.272. The van der Waals surface area contributed by atoms with E-state index in [1.165, 1.54) is 0 Å². The van der Waals surface area contributed by atoms with E-state index in [9.17, 15) is 4.79 Å². The molecule has 0 aliphatic heterocycles. The maximum Gasteiger partial charge on any atom is 0.274 e. The van der Waals surface area contributed by atoms with Crippen molar-refractivity contribution in [1.82, 2.24) is 24.8 Å². The van der Waals surface area contributed by atoms with Crippen LogP contribution in [0.3, 0.4) is 0 Å². The Hall–Kier alpha value is -3.26. The Morgan fingerprint density at radius 1 is 1.12 bits per heavy atom. The lowest BCUT2D eigenvalue weighted by Crippen LogP contribution is -2.26. The molecule has 0 aliphatic carbocycles. The molecule has 8 heteroatoms. The number of carbonyl (C=O) groups is 1. The molecule has 32 heavy (non-hydrogen) atoms. The molecule has 7 nitrogen and oxygen atoms in total. The predicted octanol–water partition coefficient (Wildman–Crippen LogP) is 3.95. The fraction of sp³-hybridized carbons (Fsp3) is 0.208. The molecule has 0 radical (unpaired) electrons. The van der Waals surface area contributed by atoms with E-state index < -0.39 is 0 Å². The van der Waals surface area contributed by atoms with E-state index >= 15 is 0 Å². The number of benzene rings is 2. The molecular weight excluding hydrogens is 424 g/mol. The molecule has 2 N–H and O–H groups in total. The summed E-state index contributed by atoms with van der Waals surface area (Å²) in [5.41, 5.74) is 4.40. The number of halogens is 1. The number of hydrogen-bond acceptors (Lipinski definition) is 5. The second-order valence-electron chi connectivity index (χ2n) is 7.74. The molecule has 164 valence electrons. The zero-order valence-corrected chi connectivity index (χ0v) is 18.8. The minimum absolute atomic E-state index is 0.272. The highest BCUT2D eigenvalue weighted by atomic mass is 35.5. The van der Waals surface area contributed by atoms with Gasteiger partial charge < -0.3 is 15.5 Å². The summed E-state index contributed by atoms with van der Waals surface area (Å²) in [5, 5.41) is 11.4. The quantitative estimate of drug-likeness (QED) is 0.399. The van der Waals surface area contributed by atoms with E-state index in [2.05, 4.69) is 25.6 Å². The Balaban J connectivity index is 1.54. The van der Waals surface area contributed by atoms with Crippen molar-refractivity contribution < 1.29 is 4.79 Å². The number of carbonyl (C=O) groups excluding carboxylic acids is 1. The van der Waals surface area contributed by atoms with Gasteiger partial charge in [0, 0.05) is 42.1 Å². The van der Waals surface area contributed by atoms with Crippen molar-refractivity contribution in [2.45, 2.75) is 6.54 Å². The number of para-hydroxylation sites is 1. The maximum absolute atomic E-state index is 13.0. The summed E-state index contributed by atoms with van der Waals surface area (Å²) >= 11 is 6.14. The van der Waals surface area contributed by atoms with Gasteiger partial charge in [-0.25, -0.2) is 9.50 Å². The van der Waals surface area contributed by atoms with Crippen LogP contribution in [0.1, 0.15) is 16.1 Å². The van der Waals surface area contributed by atoms with Gasteiger partial charge in [-0.3, -0.25) is 4.79 Å². The zero-order valence-electron chi connectivity index (χ0n) is 18.0. The van der Waals surface area contributed by atoms with Crippen molar-refractivity contribution in [3.8, 4) is 11.1 Å². The number of nitrogens with zero attached hydrogens (tertiary/aromatic N) is 4. The topological polar surface area (TPSA) is 74.6 Å². The first-order valence-electron chi connectivity index (χ1n) is 10.4. The Morgan fingerprint density at radius 3 is 2.78 bits per heavy atom. The molecule has 0 saturated heterocycles. The van der Waals surface area contributed by atoms with E-state index in [1.54, 1.807) is 23.0 Å². The predicted molar refractivity (Wildman–Crippen MR) is 128 cm³/mol. The van der Waals surface area contributed by atoms with Gasteiger partial charge >= 0.3 is 0 Å². The van der Waals surface area contributed by atoms with Crippen LogP contribution in [-0.2, 0) is 6.54 Å². The second-order valence-corrected chi connectivity index (χ2v) is 8.18. The van der Waals surface area contributed by atoms with Crippen LogP contribution in [-0.4, -0.2) is 52.6 Å². The van der Waals surface area contributed by atoms with E-state index in [4.69, 9.17) is 11.6 Å².